The largest absolute Gasteiger partial charge is 0.416 e. The number of aromatic nitrogens is 3. The number of anilines is 3. The molecule has 1 aromatic carbocycles. The van der Waals surface area contributed by atoms with Gasteiger partial charge in [0.25, 0.3) is 5.91 Å². The number of hydrogen-bond donors (Lipinski definition) is 2. The number of carbonyl (C=O) groups excluding carboxylic acids is 1. The molecular formula is C16H12F3N5O2. The predicted molar refractivity (Wildman–Crippen MR) is 86.0 cm³/mol. The summed E-state index contributed by atoms with van der Waals surface area (Å²) >= 11 is 0. The third-order valence-electron chi connectivity index (χ3n) is 3.26. The molecule has 10 heteroatoms. The standard InChI is InChI=1S/C16H12F3N5O2/c1-9-8-14(24-26-9)20-12-6-7-13(23-22-12)21-15(25)10-2-4-11(5-3-10)16(17,18)19/h2-8H,1H3,(H,20,22,24)(H,21,23,25). The molecule has 3 aromatic rings. The van der Waals surface area contributed by atoms with Crippen LogP contribution in [-0.4, -0.2) is 21.3 Å². The molecule has 0 aliphatic carbocycles. The van der Waals surface area contributed by atoms with Crippen LogP contribution in [0.2, 0.25) is 0 Å². The van der Waals surface area contributed by atoms with Crippen LogP contribution in [0.5, 0.6) is 0 Å². The fraction of sp³-hybridized carbons (Fsp3) is 0.125. The van der Waals surface area contributed by atoms with Gasteiger partial charge < -0.3 is 15.2 Å². The molecule has 0 unspecified atom stereocenters. The number of alkyl halides is 3. The monoisotopic (exact) mass is 363 g/mol. The van der Waals surface area contributed by atoms with E-state index in [-0.39, 0.29) is 11.4 Å². The zero-order valence-corrected chi connectivity index (χ0v) is 13.3. The average molecular weight is 363 g/mol. The van der Waals surface area contributed by atoms with E-state index >= 15 is 0 Å². The van der Waals surface area contributed by atoms with E-state index in [1.807, 2.05) is 0 Å². The van der Waals surface area contributed by atoms with E-state index in [0.29, 0.717) is 17.4 Å². The average Bonchev–Trinajstić information content (AvgIpc) is 3.01. The summed E-state index contributed by atoms with van der Waals surface area (Å²) in [6.45, 7) is 1.74. The van der Waals surface area contributed by atoms with Crippen molar-refractivity contribution in [1.82, 2.24) is 15.4 Å². The Morgan fingerprint density at radius 2 is 1.65 bits per heavy atom. The number of aryl methyl sites for hydroxylation is 1. The van der Waals surface area contributed by atoms with Crippen LogP contribution in [0.25, 0.3) is 0 Å². The van der Waals surface area contributed by atoms with Crippen LogP contribution in [0.1, 0.15) is 21.7 Å². The summed E-state index contributed by atoms with van der Waals surface area (Å²) in [4.78, 5) is 12.1. The van der Waals surface area contributed by atoms with Crippen molar-refractivity contribution in [1.29, 1.82) is 0 Å². The van der Waals surface area contributed by atoms with Crippen LogP contribution in [0.4, 0.5) is 30.6 Å². The zero-order valence-electron chi connectivity index (χ0n) is 13.3. The maximum Gasteiger partial charge on any atom is 0.416 e. The first-order valence-electron chi connectivity index (χ1n) is 7.34. The Kier molecular flexibility index (Phi) is 4.57. The van der Waals surface area contributed by atoms with Gasteiger partial charge in [0.2, 0.25) is 0 Å². The van der Waals surface area contributed by atoms with Crippen LogP contribution < -0.4 is 10.6 Å². The summed E-state index contributed by atoms with van der Waals surface area (Å²) in [6, 6.07) is 8.58. The van der Waals surface area contributed by atoms with Gasteiger partial charge in [-0.05, 0) is 43.3 Å². The molecular weight excluding hydrogens is 351 g/mol. The van der Waals surface area contributed by atoms with Crippen molar-refractivity contribution >= 4 is 23.4 Å². The fourth-order valence-corrected chi connectivity index (χ4v) is 2.02. The van der Waals surface area contributed by atoms with Crippen LogP contribution in [-0.2, 0) is 6.18 Å². The lowest BCUT2D eigenvalue weighted by molar-refractivity contribution is -0.137. The number of hydrogen-bond acceptors (Lipinski definition) is 6. The Morgan fingerprint density at radius 1 is 1.00 bits per heavy atom. The zero-order chi connectivity index (χ0) is 18.7. The van der Waals surface area contributed by atoms with Crippen molar-refractivity contribution in [2.45, 2.75) is 13.1 Å². The molecule has 2 heterocycles. The number of halogens is 3. The predicted octanol–water partition coefficient (Wildman–Crippen LogP) is 3.79. The van der Waals surface area contributed by atoms with Crippen LogP contribution >= 0.6 is 0 Å². The van der Waals surface area contributed by atoms with Gasteiger partial charge in [-0.25, -0.2) is 0 Å². The number of benzene rings is 1. The quantitative estimate of drug-likeness (QED) is 0.733. The van der Waals surface area contributed by atoms with Crippen molar-refractivity contribution in [3.05, 3.63) is 59.4 Å². The van der Waals surface area contributed by atoms with Gasteiger partial charge in [-0.1, -0.05) is 5.16 Å². The number of nitrogens with one attached hydrogen (secondary N) is 2. The summed E-state index contributed by atoms with van der Waals surface area (Å²) in [6.07, 6.45) is -4.45. The first-order valence-corrected chi connectivity index (χ1v) is 7.34. The van der Waals surface area contributed by atoms with Gasteiger partial charge in [-0.15, -0.1) is 10.2 Å². The van der Waals surface area contributed by atoms with Crippen LogP contribution in [0, 0.1) is 6.92 Å². The smallest absolute Gasteiger partial charge is 0.360 e. The molecule has 0 spiro atoms. The molecule has 0 saturated carbocycles. The van der Waals surface area contributed by atoms with Gasteiger partial charge in [-0.2, -0.15) is 13.2 Å². The molecule has 0 aliphatic rings. The second-order valence-electron chi connectivity index (χ2n) is 5.28. The highest BCUT2D eigenvalue weighted by Crippen LogP contribution is 2.29. The summed E-state index contributed by atoms with van der Waals surface area (Å²) in [7, 11) is 0. The third-order valence-corrected chi connectivity index (χ3v) is 3.26. The Labute approximate surface area is 145 Å². The van der Waals surface area contributed by atoms with Gasteiger partial charge >= 0.3 is 6.18 Å². The van der Waals surface area contributed by atoms with Gasteiger partial charge in [0.15, 0.2) is 17.5 Å². The summed E-state index contributed by atoms with van der Waals surface area (Å²) in [5.74, 6) is 1.02. The minimum absolute atomic E-state index is 0.0695. The highest BCUT2D eigenvalue weighted by molar-refractivity contribution is 6.03. The number of nitrogens with zero attached hydrogens (tertiary/aromatic N) is 3. The van der Waals surface area contributed by atoms with E-state index in [2.05, 4.69) is 26.0 Å². The first kappa shape index (κ1) is 17.4. The number of carbonyl (C=O) groups is 1. The molecule has 3 rings (SSSR count). The Hall–Kier alpha value is -3.43. The van der Waals surface area contributed by atoms with E-state index in [1.165, 1.54) is 6.07 Å². The van der Waals surface area contributed by atoms with Gasteiger partial charge in [0.05, 0.1) is 5.56 Å². The van der Waals surface area contributed by atoms with Crippen molar-refractivity contribution in [3.63, 3.8) is 0 Å². The molecule has 2 aromatic heterocycles. The SMILES string of the molecule is Cc1cc(Nc2ccc(NC(=O)c3ccc(C(F)(F)F)cc3)nn2)no1. The van der Waals surface area contributed by atoms with E-state index in [1.54, 1.807) is 19.1 Å². The van der Waals surface area contributed by atoms with Crippen molar-refractivity contribution in [2.24, 2.45) is 0 Å². The normalized spacial score (nSPS) is 11.2. The molecule has 0 bridgehead atoms. The third kappa shape index (κ3) is 4.15. The van der Waals surface area contributed by atoms with Crippen molar-refractivity contribution < 1.29 is 22.5 Å². The van der Waals surface area contributed by atoms with Crippen molar-refractivity contribution in [2.75, 3.05) is 10.6 Å². The molecule has 134 valence electrons. The molecule has 26 heavy (non-hydrogen) atoms. The molecule has 7 nitrogen and oxygen atoms in total. The Morgan fingerprint density at radius 3 is 2.19 bits per heavy atom. The van der Waals surface area contributed by atoms with Crippen LogP contribution in [0.3, 0.4) is 0 Å². The van der Waals surface area contributed by atoms with Gasteiger partial charge in [-0.3, -0.25) is 4.79 Å². The summed E-state index contributed by atoms with van der Waals surface area (Å²) < 4.78 is 42.5. The fourth-order valence-electron chi connectivity index (χ4n) is 2.02. The lowest BCUT2D eigenvalue weighted by Gasteiger charge is -2.08. The maximum absolute atomic E-state index is 12.5. The summed E-state index contributed by atoms with van der Waals surface area (Å²) in [5, 5.41) is 16.7. The molecule has 0 atom stereocenters. The topological polar surface area (TPSA) is 92.9 Å². The van der Waals surface area contributed by atoms with E-state index in [0.717, 1.165) is 24.3 Å². The highest BCUT2D eigenvalue weighted by atomic mass is 19.4. The minimum Gasteiger partial charge on any atom is -0.360 e. The first-order chi connectivity index (χ1) is 12.3. The van der Waals surface area contributed by atoms with Gasteiger partial charge in [0.1, 0.15) is 5.76 Å². The van der Waals surface area contributed by atoms with E-state index < -0.39 is 17.6 Å². The Balaban J connectivity index is 1.64. The highest BCUT2D eigenvalue weighted by Gasteiger charge is 2.30. The second kappa shape index (κ2) is 6.82. The van der Waals surface area contributed by atoms with E-state index in [9.17, 15) is 18.0 Å². The van der Waals surface area contributed by atoms with Crippen LogP contribution in [0.15, 0.2) is 47.0 Å². The second-order valence-corrected chi connectivity index (χ2v) is 5.28. The lowest BCUT2D eigenvalue weighted by Crippen LogP contribution is -2.14. The molecule has 0 fully saturated rings. The van der Waals surface area contributed by atoms with E-state index in [4.69, 9.17) is 4.52 Å². The number of amides is 1. The minimum atomic E-state index is -4.45. The lowest BCUT2D eigenvalue weighted by atomic mass is 10.1. The molecule has 0 saturated heterocycles. The van der Waals surface area contributed by atoms with Crippen molar-refractivity contribution in [3.8, 4) is 0 Å². The Bertz CT molecular complexity index is 905. The molecule has 1 amide bonds. The number of rotatable bonds is 4. The molecule has 0 aliphatic heterocycles. The van der Waals surface area contributed by atoms with Gasteiger partial charge in [0, 0.05) is 11.6 Å². The molecule has 0 radical (unpaired) electrons. The summed E-state index contributed by atoms with van der Waals surface area (Å²) in [5.41, 5.74) is -0.757. The molecule has 2 N–H and O–H groups in total. The maximum atomic E-state index is 12.5.